The molecule has 0 fully saturated rings. The number of carbonyl (C=O) groups excluding carboxylic acids is 1. The minimum Gasteiger partial charge on any atom is -0.493 e. The van der Waals surface area contributed by atoms with Gasteiger partial charge in [-0.3, -0.25) is 4.79 Å². The highest BCUT2D eigenvalue weighted by Gasteiger charge is 2.13. The molecule has 0 N–H and O–H groups in total. The largest absolute Gasteiger partial charge is 0.493 e. The molecule has 0 atom stereocenters. The summed E-state index contributed by atoms with van der Waals surface area (Å²) in [5, 5.41) is 0. The predicted octanol–water partition coefficient (Wildman–Crippen LogP) is 4.77. The number of thioether (sulfide) groups is 1. The Morgan fingerprint density at radius 2 is 1.96 bits per heavy atom. The Hall–Kier alpha value is -1.94. The van der Waals surface area contributed by atoms with Crippen molar-refractivity contribution in [3.05, 3.63) is 59.2 Å². The number of ether oxygens (including phenoxy) is 2. The van der Waals surface area contributed by atoms with Gasteiger partial charge in [0.25, 0.3) is 0 Å². The van der Waals surface area contributed by atoms with E-state index in [1.54, 1.807) is 13.2 Å². The first-order chi connectivity index (χ1) is 11.8. The molecule has 0 saturated heterocycles. The van der Waals surface area contributed by atoms with Crippen molar-refractivity contribution in [3.63, 3.8) is 0 Å². The molecule has 0 heterocycles. The average molecular weight is 344 g/mol. The lowest BCUT2D eigenvalue weighted by molar-refractivity contribution is 0.112. The van der Waals surface area contributed by atoms with Crippen molar-refractivity contribution in [3.8, 4) is 11.5 Å². The Bertz CT molecular complexity index is 641. The Balaban J connectivity index is 1.94. The van der Waals surface area contributed by atoms with E-state index in [0.29, 0.717) is 17.9 Å². The lowest BCUT2D eigenvalue weighted by Gasteiger charge is -2.15. The molecule has 0 radical (unpaired) electrons. The smallest absolute Gasteiger partial charge is 0.165 e. The van der Waals surface area contributed by atoms with E-state index < -0.39 is 0 Å². The number of carbonyl (C=O) groups is 1. The number of aldehydes is 1. The second-order valence-electron chi connectivity index (χ2n) is 5.40. The van der Waals surface area contributed by atoms with E-state index in [-0.39, 0.29) is 0 Å². The third-order valence-corrected chi connectivity index (χ3v) is 4.75. The standard InChI is InChI=1S/C20H24O3S/c1-3-23-20-18(12-17(14-21)13-19(20)22-2)15-24-11-7-10-16-8-5-4-6-9-16/h4-6,8-9,12-14H,3,7,10-11,15H2,1-2H3. The summed E-state index contributed by atoms with van der Waals surface area (Å²) in [6.07, 6.45) is 3.06. The molecular formula is C20H24O3S. The van der Waals surface area contributed by atoms with Crippen LogP contribution in [0.3, 0.4) is 0 Å². The molecule has 0 bridgehead atoms. The molecular weight excluding hydrogens is 320 g/mol. The van der Waals surface area contributed by atoms with Gasteiger partial charge in [-0.25, -0.2) is 0 Å². The maximum Gasteiger partial charge on any atom is 0.165 e. The quantitative estimate of drug-likeness (QED) is 0.459. The van der Waals surface area contributed by atoms with Crippen molar-refractivity contribution in [2.24, 2.45) is 0 Å². The van der Waals surface area contributed by atoms with Gasteiger partial charge in [-0.05, 0) is 43.2 Å². The molecule has 24 heavy (non-hydrogen) atoms. The molecule has 0 spiro atoms. The molecule has 2 rings (SSSR count). The van der Waals surface area contributed by atoms with Crippen molar-refractivity contribution in [1.82, 2.24) is 0 Å². The monoisotopic (exact) mass is 344 g/mol. The fourth-order valence-corrected chi connectivity index (χ4v) is 3.45. The van der Waals surface area contributed by atoms with Crippen molar-refractivity contribution < 1.29 is 14.3 Å². The number of benzene rings is 2. The van der Waals surface area contributed by atoms with E-state index >= 15 is 0 Å². The summed E-state index contributed by atoms with van der Waals surface area (Å²) in [4.78, 5) is 11.1. The molecule has 0 saturated carbocycles. The second-order valence-corrected chi connectivity index (χ2v) is 6.51. The fourth-order valence-electron chi connectivity index (χ4n) is 2.52. The van der Waals surface area contributed by atoms with Crippen LogP contribution in [-0.4, -0.2) is 25.8 Å². The van der Waals surface area contributed by atoms with E-state index in [9.17, 15) is 4.79 Å². The van der Waals surface area contributed by atoms with Crippen LogP contribution >= 0.6 is 11.8 Å². The first-order valence-corrected chi connectivity index (χ1v) is 9.34. The SMILES string of the molecule is CCOc1c(CSCCCc2ccccc2)cc(C=O)cc1OC. The normalized spacial score (nSPS) is 10.4. The van der Waals surface area contributed by atoms with Gasteiger partial charge in [-0.2, -0.15) is 11.8 Å². The molecule has 0 aliphatic rings. The van der Waals surface area contributed by atoms with Gasteiger partial charge in [0.15, 0.2) is 11.5 Å². The zero-order valence-corrected chi connectivity index (χ0v) is 15.1. The second kappa shape index (κ2) is 10.0. The summed E-state index contributed by atoms with van der Waals surface area (Å²) in [7, 11) is 1.60. The summed E-state index contributed by atoms with van der Waals surface area (Å²) in [6.45, 7) is 2.52. The zero-order valence-electron chi connectivity index (χ0n) is 14.3. The topological polar surface area (TPSA) is 35.5 Å². The fraction of sp³-hybridized carbons (Fsp3) is 0.350. The highest BCUT2D eigenvalue weighted by atomic mass is 32.2. The van der Waals surface area contributed by atoms with Crippen LogP contribution in [0.25, 0.3) is 0 Å². The van der Waals surface area contributed by atoms with Crippen molar-refractivity contribution >= 4 is 18.0 Å². The van der Waals surface area contributed by atoms with E-state index in [0.717, 1.165) is 41.9 Å². The zero-order chi connectivity index (χ0) is 17.2. The van der Waals surface area contributed by atoms with E-state index in [2.05, 4.69) is 24.3 Å². The third-order valence-electron chi connectivity index (χ3n) is 3.65. The lowest BCUT2D eigenvalue weighted by Crippen LogP contribution is -2.01. The van der Waals surface area contributed by atoms with Gasteiger partial charge < -0.3 is 9.47 Å². The Morgan fingerprint density at radius 3 is 2.62 bits per heavy atom. The number of aryl methyl sites for hydroxylation is 1. The van der Waals surface area contributed by atoms with Crippen LogP contribution in [0.15, 0.2) is 42.5 Å². The van der Waals surface area contributed by atoms with Gasteiger partial charge >= 0.3 is 0 Å². The number of hydrogen-bond donors (Lipinski definition) is 0. The van der Waals surface area contributed by atoms with Gasteiger partial charge in [0.2, 0.25) is 0 Å². The molecule has 0 unspecified atom stereocenters. The first kappa shape index (κ1) is 18.4. The maximum absolute atomic E-state index is 11.1. The number of rotatable bonds is 10. The molecule has 3 nitrogen and oxygen atoms in total. The van der Waals surface area contributed by atoms with Gasteiger partial charge in [-0.1, -0.05) is 30.3 Å². The number of methoxy groups -OCH3 is 1. The molecule has 2 aromatic carbocycles. The third kappa shape index (κ3) is 5.31. The van der Waals surface area contributed by atoms with Crippen LogP contribution in [0.1, 0.15) is 34.8 Å². The molecule has 128 valence electrons. The minimum absolute atomic E-state index is 0.572. The molecule has 0 aromatic heterocycles. The van der Waals surface area contributed by atoms with Gasteiger partial charge in [0.1, 0.15) is 6.29 Å². The van der Waals surface area contributed by atoms with E-state index in [1.807, 2.05) is 30.8 Å². The first-order valence-electron chi connectivity index (χ1n) is 8.19. The highest BCUT2D eigenvalue weighted by Crippen LogP contribution is 2.35. The van der Waals surface area contributed by atoms with Crippen molar-refractivity contribution in [2.45, 2.75) is 25.5 Å². The number of hydrogen-bond acceptors (Lipinski definition) is 4. The summed E-state index contributed by atoms with van der Waals surface area (Å²) in [5.74, 6) is 3.25. The Labute approximate surface area is 148 Å². The Morgan fingerprint density at radius 1 is 1.17 bits per heavy atom. The summed E-state index contributed by atoms with van der Waals surface area (Å²) >= 11 is 1.85. The van der Waals surface area contributed by atoms with E-state index in [4.69, 9.17) is 9.47 Å². The summed E-state index contributed by atoms with van der Waals surface area (Å²) in [6, 6.07) is 14.1. The molecule has 4 heteroatoms. The van der Waals surface area contributed by atoms with Gasteiger partial charge in [-0.15, -0.1) is 0 Å². The molecule has 2 aromatic rings. The van der Waals surface area contributed by atoms with Crippen LogP contribution in [0.5, 0.6) is 11.5 Å². The van der Waals surface area contributed by atoms with Crippen LogP contribution in [-0.2, 0) is 12.2 Å². The summed E-state index contributed by atoms with van der Waals surface area (Å²) < 4.78 is 11.1. The molecule has 0 aliphatic carbocycles. The molecule has 0 amide bonds. The van der Waals surface area contributed by atoms with Crippen LogP contribution in [0.4, 0.5) is 0 Å². The van der Waals surface area contributed by atoms with Gasteiger partial charge in [0.05, 0.1) is 13.7 Å². The minimum atomic E-state index is 0.572. The van der Waals surface area contributed by atoms with Crippen LogP contribution < -0.4 is 9.47 Å². The summed E-state index contributed by atoms with van der Waals surface area (Å²) in [5.41, 5.74) is 3.01. The average Bonchev–Trinajstić information content (AvgIpc) is 2.63. The highest BCUT2D eigenvalue weighted by molar-refractivity contribution is 7.98. The van der Waals surface area contributed by atoms with Crippen molar-refractivity contribution in [2.75, 3.05) is 19.5 Å². The van der Waals surface area contributed by atoms with Crippen molar-refractivity contribution in [1.29, 1.82) is 0 Å². The van der Waals surface area contributed by atoms with Crippen LogP contribution in [0, 0.1) is 0 Å². The maximum atomic E-state index is 11.1. The van der Waals surface area contributed by atoms with E-state index in [1.165, 1.54) is 5.56 Å². The lowest BCUT2D eigenvalue weighted by atomic mass is 10.1. The van der Waals surface area contributed by atoms with Gasteiger partial charge in [0, 0.05) is 16.9 Å². The van der Waals surface area contributed by atoms with Crippen LogP contribution in [0.2, 0.25) is 0 Å². The molecule has 0 aliphatic heterocycles. The Kier molecular flexibility index (Phi) is 7.69. The predicted molar refractivity (Wildman–Crippen MR) is 100 cm³/mol.